The molecule has 2 heterocycles. The number of aromatic amines is 1. The van der Waals surface area contributed by atoms with Crippen LogP contribution in [0.15, 0.2) is 6.20 Å². The molecule has 7 nitrogen and oxygen atoms in total. The Hall–Kier alpha value is -1.41. The van der Waals surface area contributed by atoms with E-state index in [2.05, 4.69) is 10.2 Å². The average Bonchev–Trinajstić information content (AvgIpc) is 2.77. The fourth-order valence-electron chi connectivity index (χ4n) is 2.26. The number of hydrogen-bond donors (Lipinski definition) is 2. The molecule has 0 spiro atoms. The number of hydrogen-bond acceptors (Lipinski definition) is 4. The van der Waals surface area contributed by atoms with Gasteiger partial charge in [-0.3, -0.25) is 5.10 Å². The molecular weight excluding hydrogens is 258 g/mol. The number of H-pyrrole nitrogens is 1. The maximum absolute atomic E-state index is 11.5. The van der Waals surface area contributed by atoms with E-state index in [9.17, 15) is 13.2 Å². The van der Waals surface area contributed by atoms with E-state index in [1.54, 1.807) is 0 Å². The van der Waals surface area contributed by atoms with Gasteiger partial charge in [-0.15, -0.1) is 0 Å². The first-order valence-electron chi connectivity index (χ1n) is 5.61. The van der Waals surface area contributed by atoms with Crippen molar-refractivity contribution >= 4 is 16.0 Å². The van der Waals surface area contributed by atoms with Crippen LogP contribution < -0.4 is 0 Å². The predicted octanol–water partition coefficient (Wildman–Crippen LogP) is 0.247. The van der Waals surface area contributed by atoms with E-state index >= 15 is 0 Å². The van der Waals surface area contributed by atoms with E-state index in [-0.39, 0.29) is 11.5 Å². The highest BCUT2D eigenvalue weighted by Crippen LogP contribution is 2.28. The topological polar surface area (TPSA) is 103 Å². The number of nitrogens with zero attached hydrogens (tertiary/aromatic N) is 2. The fraction of sp³-hybridized carbons (Fsp3) is 0.600. The second-order valence-electron chi connectivity index (χ2n) is 4.46. The van der Waals surface area contributed by atoms with Gasteiger partial charge in [-0.25, -0.2) is 17.5 Å². The molecule has 1 aliphatic heterocycles. The lowest BCUT2D eigenvalue weighted by molar-refractivity contribution is 0.0694. The van der Waals surface area contributed by atoms with Gasteiger partial charge in [-0.05, 0) is 12.8 Å². The molecule has 0 saturated carbocycles. The van der Waals surface area contributed by atoms with Crippen molar-refractivity contribution in [2.24, 2.45) is 0 Å². The van der Waals surface area contributed by atoms with Gasteiger partial charge in [0.1, 0.15) is 5.56 Å². The predicted molar refractivity (Wildman–Crippen MR) is 63.9 cm³/mol. The number of carboxylic acids is 1. The van der Waals surface area contributed by atoms with Crippen molar-refractivity contribution in [1.82, 2.24) is 14.5 Å². The summed E-state index contributed by atoms with van der Waals surface area (Å²) in [4.78, 5) is 11.0. The molecule has 0 aromatic carbocycles. The molecule has 100 valence electrons. The zero-order chi connectivity index (χ0) is 13.3. The Morgan fingerprint density at radius 3 is 2.94 bits per heavy atom. The summed E-state index contributed by atoms with van der Waals surface area (Å²) in [5.41, 5.74) is 0.631. The number of carboxylic acid groups (broad SMARTS) is 1. The van der Waals surface area contributed by atoms with Gasteiger partial charge in [-0.1, -0.05) is 0 Å². The molecule has 1 fully saturated rings. The number of aromatic nitrogens is 2. The highest BCUT2D eigenvalue weighted by atomic mass is 32.2. The van der Waals surface area contributed by atoms with Gasteiger partial charge in [0.05, 0.1) is 18.1 Å². The quantitative estimate of drug-likeness (QED) is 0.821. The molecule has 2 N–H and O–H groups in total. The van der Waals surface area contributed by atoms with Crippen molar-refractivity contribution in [3.05, 3.63) is 17.5 Å². The van der Waals surface area contributed by atoms with Crippen molar-refractivity contribution in [3.8, 4) is 0 Å². The first kappa shape index (κ1) is 13.0. The van der Waals surface area contributed by atoms with E-state index in [4.69, 9.17) is 5.11 Å². The number of aromatic carboxylic acids is 1. The van der Waals surface area contributed by atoms with Crippen molar-refractivity contribution in [2.75, 3.05) is 19.3 Å². The van der Waals surface area contributed by atoms with Crippen LogP contribution in [0.5, 0.6) is 0 Å². The highest BCUT2D eigenvalue weighted by Gasteiger charge is 2.30. The molecule has 2 rings (SSSR count). The first-order valence-corrected chi connectivity index (χ1v) is 7.46. The molecule has 0 aliphatic carbocycles. The van der Waals surface area contributed by atoms with Crippen molar-refractivity contribution in [3.63, 3.8) is 0 Å². The zero-order valence-electron chi connectivity index (χ0n) is 9.96. The summed E-state index contributed by atoms with van der Waals surface area (Å²) in [6.07, 6.45) is 3.90. The summed E-state index contributed by atoms with van der Waals surface area (Å²) in [6, 6.07) is 0. The van der Waals surface area contributed by atoms with E-state index in [1.807, 2.05) is 0 Å². The number of rotatable bonds is 3. The van der Waals surface area contributed by atoms with Crippen LogP contribution in [0.3, 0.4) is 0 Å². The van der Waals surface area contributed by atoms with Crippen LogP contribution in [-0.2, 0) is 10.0 Å². The van der Waals surface area contributed by atoms with Crippen molar-refractivity contribution in [1.29, 1.82) is 0 Å². The first-order chi connectivity index (χ1) is 8.39. The summed E-state index contributed by atoms with van der Waals surface area (Å²) >= 11 is 0. The molecule has 0 bridgehead atoms. The maximum Gasteiger partial charge on any atom is 0.339 e. The molecule has 1 saturated heterocycles. The van der Waals surface area contributed by atoms with Gasteiger partial charge >= 0.3 is 5.97 Å². The third kappa shape index (κ3) is 2.54. The number of nitrogens with one attached hydrogen (secondary N) is 1. The van der Waals surface area contributed by atoms with Gasteiger partial charge in [-0.2, -0.15) is 5.10 Å². The van der Waals surface area contributed by atoms with Crippen LogP contribution in [0.4, 0.5) is 0 Å². The second-order valence-corrected chi connectivity index (χ2v) is 6.45. The monoisotopic (exact) mass is 273 g/mol. The van der Waals surface area contributed by atoms with Gasteiger partial charge < -0.3 is 5.11 Å². The molecule has 1 atom stereocenters. The Labute approximate surface area is 105 Å². The van der Waals surface area contributed by atoms with Crippen LogP contribution in [0.1, 0.15) is 34.8 Å². The van der Waals surface area contributed by atoms with Crippen molar-refractivity contribution in [2.45, 2.75) is 18.8 Å². The van der Waals surface area contributed by atoms with Crippen LogP contribution in [0.2, 0.25) is 0 Å². The number of carbonyl (C=O) groups is 1. The molecule has 18 heavy (non-hydrogen) atoms. The summed E-state index contributed by atoms with van der Waals surface area (Å²) in [6.45, 7) is 0.799. The zero-order valence-corrected chi connectivity index (χ0v) is 10.8. The Bertz CT molecular complexity index is 551. The minimum absolute atomic E-state index is 0.121. The lowest BCUT2D eigenvalue weighted by atomic mass is 9.94. The molecule has 1 aliphatic rings. The summed E-state index contributed by atoms with van der Waals surface area (Å²) in [5, 5.41) is 15.4. The van der Waals surface area contributed by atoms with E-state index in [0.29, 0.717) is 18.8 Å². The van der Waals surface area contributed by atoms with Crippen molar-refractivity contribution < 1.29 is 18.3 Å². The van der Waals surface area contributed by atoms with Gasteiger partial charge in [0.25, 0.3) is 0 Å². The molecular formula is C10H15N3O4S. The average molecular weight is 273 g/mol. The highest BCUT2D eigenvalue weighted by molar-refractivity contribution is 7.88. The molecule has 1 aromatic heterocycles. The lowest BCUT2D eigenvalue weighted by Crippen LogP contribution is -2.38. The SMILES string of the molecule is CS(=O)(=O)N1CCCC(c2[nH]ncc2C(=O)O)C1. The van der Waals surface area contributed by atoms with Crippen LogP contribution in [0, 0.1) is 0 Å². The Balaban J connectivity index is 2.24. The molecule has 0 amide bonds. The standard InChI is InChI=1S/C10H15N3O4S/c1-18(16,17)13-4-2-3-7(6-13)9-8(10(14)15)5-11-12-9/h5,7H,2-4,6H2,1H3,(H,11,12)(H,14,15). The van der Waals surface area contributed by atoms with E-state index in [1.165, 1.54) is 16.8 Å². The third-order valence-corrected chi connectivity index (χ3v) is 4.43. The van der Waals surface area contributed by atoms with Crippen LogP contribution in [0.25, 0.3) is 0 Å². The minimum Gasteiger partial charge on any atom is -0.478 e. The number of sulfonamides is 1. The van der Waals surface area contributed by atoms with Gasteiger partial charge in [0, 0.05) is 19.0 Å². The summed E-state index contributed by atoms with van der Waals surface area (Å²) in [7, 11) is -3.23. The smallest absolute Gasteiger partial charge is 0.339 e. The lowest BCUT2D eigenvalue weighted by Gasteiger charge is -2.30. The van der Waals surface area contributed by atoms with E-state index < -0.39 is 16.0 Å². The Morgan fingerprint density at radius 2 is 2.33 bits per heavy atom. The molecule has 8 heteroatoms. The molecule has 1 unspecified atom stereocenters. The maximum atomic E-state index is 11.5. The molecule has 1 aromatic rings. The number of piperidine rings is 1. The fourth-order valence-corrected chi connectivity index (χ4v) is 3.17. The van der Waals surface area contributed by atoms with E-state index in [0.717, 1.165) is 12.8 Å². The Morgan fingerprint density at radius 1 is 1.61 bits per heavy atom. The summed E-state index contributed by atoms with van der Waals surface area (Å²) < 4.78 is 24.4. The molecule has 0 radical (unpaired) electrons. The minimum atomic E-state index is -3.23. The van der Waals surface area contributed by atoms with Crippen LogP contribution >= 0.6 is 0 Å². The normalized spacial score (nSPS) is 21.9. The Kier molecular flexibility index (Phi) is 3.40. The van der Waals surface area contributed by atoms with Crippen LogP contribution in [-0.4, -0.2) is 53.3 Å². The summed E-state index contributed by atoms with van der Waals surface area (Å²) in [5.74, 6) is -1.18. The van der Waals surface area contributed by atoms with Gasteiger partial charge in [0.15, 0.2) is 0 Å². The van der Waals surface area contributed by atoms with Gasteiger partial charge in [0.2, 0.25) is 10.0 Å². The largest absolute Gasteiger partial charge is 0.478 e. The second kappa shape index (κ2) is 4.69. The third-order valence-electron chi connectivity index (χ3n) is 3.16.